The smallest absolute Gasteiger partial charge is 0.406 e. The SMILES string of the molecule is FC(F)(F)Oc1ccccc1CCCOC1CCCCO1. The fourth-order valence-corrected chi connectivity index (χ4v) is 2.25. The number of aryl methyl sites for hydroxylation is 1. The molecule has 0 bridgehead atoms. The molecule has 1 fully saturated rings. The van der Waals surface area contributed by atoms with Gasteiger partial charge in [-0.3, -0.25) is 0 Å². The van der Waals surface area contributed by atoms with E-state index in [1.54, 1.807) is 12.1 Å². The quantitative estimate of drug-likeness (QED) is 0.742. The Morgan fingerprint density at radius 2 is 2.00 bits per heavy atom. The van der Waals surface area contributed by atoms with Crippen LogP contribution in [0.2, 0.25) is 0 Å². The summed E-state index contributed by atoms with van der Waals surface area (Å²) in [6.07, 6.45) is -0.706. The second kappa shape index (κ2) is 7.66. The molecule has 1 aromatic carbocycles. The third-order valence-electron chi connectivity index (χ3n) is 3.23. The van der Waals surface area contributed by atoms with Gasteiger partial charge in [0.05, 0.1) is 6.61 Å². The van der Waals surface area contributed by atoms with Crippen LogP contribution >= 0.6 is 0 Å². The minimum Gasteiger partial charge on any atom is -0.406 e. The van der Waals surface area contributed by atoms with Crippen molar-refractivity contribution >= 4 is 0 Å². The molecule has 1 aliphatic rings. The highest BCUT2D eigenvalue weighted by atomic mass is 19.4. The average Bonchev–Trinajstić information content (AvgIpc) is 2.45. The van der Waals surface area contributed by atoms with Crippen molar-refractivity contribution in [1.29, 1.82) is 0 Å². The van der Waals surface area contributed by atoms with E-state index in [9.17, 15) is 13.2 Å². The molecule has 1 aromatic rings. The summed E-state index contributed by atoms with van der Waals surface area (Å²) in [5.41, 5.74) is 0.531. The van der Waals surface area contributed by atoms with Crippen LogP contribution in [0.4, 0.5) is 13.2 Å². The van der Waals surface area contributed by atoms with Gasteiger partial charge in [-0.1, -0.05) is 18.2 Å². The Morgan fingerprint density at radius 3 is 2.71 bits per heavy atom. The van der Waals surface area contributed by atoms with Crippen LogP contribution < -0.4 is 4.74 Å². The molecule has 6 heteroatoms. The number of ether oxygens (including phenoxy) is 3. The van der Waals surface area contributed by atoms with E-state index >= 15 is 0 Å². The molecule has 118 valence electrons. The summed E-state index contributed by atoms with van der Waals surface area (Å²) in [7, 11) is 0. The lowest BCUT2D eigenvalue weighted by Crippen LogP contribution is -2.22. The predicted octanol–water partition coefficient (Wildman–Crippen LogP) is 4.06. The molecule has 1 atom stereocenters. The van der Waals surface area contributed by atoms with Crippen molar-refractivity contribution in [2.75, 3.05) is 13.2 Å². The minimum atomic E-state index is -4.66. The van der Waals surface area contributed by atoms with Crippen LogP contribution in [-0.4, -0.2) is 25.9 Å². The summed E-state index contributed by atoms with van der Waals surface area (Å²) in [6, 6.07) is 6.19. The summed E-state index contributed by atoms with van der Waals surface area (Å²) in [5, 5.41) is 0. The molecule has 1 aliphatic heterocycles. The maximum atomic E-state index is 12.3. The van der Waals surface area contributed by atoms with Gasteiger partial charge in [0.2, 0.25) is 0 Å². The van der Waals surface area contributed by atoms with Crippen molar-refractivity contribution in [1.82, 2.24) is 0 Å². The number of hydrogen-bond acceptors (Lipinski definition) is 3. The van der Waals surface area contributed by atoms with Crippen LogP contribution in [0.5, 0.6) is 5.75 Å². The van der Waals surface area contributed by atoms with E-state index in [1.807, 2.05) is 0 Å². The van der Waals surface area contributed by atoms with Crippen molar-refractivity contribution in [3.05, 3.63) is 29.8 Å². The number of halogens is 3. The fourth-order valence-electron chi connectivity index (χ4n) is 2.25. The Labute approximate surface area is 122 Å². The standard InChI is InChI=1S/C15H19F3O3/c16-15(17,18)21-13-8-2-1-6-12(13)7-5-11-20-14-9-3-4-10-19-14/h1-2,6,8,14H,3-5,7,9-11H2. The Kier molecular flexibility index (Phi) is 5.87. The highest BCUT2D eigenvalue weighted by Crippen LogP contribution is 2.27. The molecule has 21 heavy (non-hydrogen) atoms. The van der Waals surface area contributed by atoms with E-state index in [0.717, 1.165) is 19.3 Å². The molecule has 0 radical (unpaired) electrons. The topological polar surface area (TPSA) is 27.7 Å². The van der Waals surface area contributed by atoms with Crippen LogP contribution in [0.25, 0.3) is 0 Å². The van der Waals surface area contributed by atoms with Crippen molar-refractivity contribution in [3.8, 4) is 5.75 Å². The normalized spacial score (nSPS) is 19.5. The summed E-state index contributed by atoms with van der Waals surface area (Å²) in [6.45, 7) is 1.18. The zero-order valence-electron chi connectivity index (χ0n) is 11.7. The molecule has 3 nitrogen and oxygen atoms in total. The van der Waals surface area contributed by atoms with Crippen LogP contribution in [0.1, 0.15) is 31.2 Å². The maximum Gasteiger partial charge on any atom is 0.573 e. The second-order valence-corrected chi connectivity index (χ2v) is 4.93. The molecule has 0 amide bonds. The van der Waals surface area contributed by atoms with E-state index < -0.39 is 6.36 Å². The first-order valence-corrected chi connectivity index (χ1v) is 7.11. The monoisotopic (exact) mass is 304 g/mol. The van der Waals surface area contributed by atoms with Gasteiger partial charge in [0.25, 0.3) is 0 Å². The van der Waals surface area contributed by atoms with Gasteiger partial charge in [-0.25, -0.2) is 0 Å². The number of benzene rings is 1. The summed E-state index contributed by atoms with van der Waals surface area (Å²) in [4.78, 5) is 0. The van der Waals surface area contributed by atoms with Gasteiger partial charge in [-0.15, -0.1) is 13.2 Å². The van der Waals surface area contributed by atoms with Gasteiger partial charge in [0.1, 0.15) is 5.75 Å². The van der Waals surface area contributed by atoms with E-state index in [2.05, 4.69) is 4.74 Å². The molecule has 1 unspecified atom stereocenters. The molecule has 0 aliphatic carbocycles. The molecule has 0 saturated carbocycles. The van der Waals surface area contributed by atoms with Gasteiger partial charge in [0.15, 0.2) is 6.29 Å². The van der Waals surface area contributed by atoms with E-state index in [-0.39, 0.29) is 12.0 Å². The van der Waals surface area contributed by atoms with Crippen molar-refractivity contribution in [2.24, 2.45) is 0 Å². The van der Waals surface area contributed by atoms with Crippen LogP contribution in [0.3, 0.4) is 0 Å². The van der Waals surface area contributed by atoms with Gasteiger partial charge in [-0.2, -0.15) is 0 Å². The zero-order chi connectivity index (χ0) is 15.1. The number of para-hydroxylation sites is 1. The number of alkyl halides is 3. The van der Waals surface area contributed by atoms with Crippen molar-refractivity contribution in [3.63, 3.8) is 0 Å². The van der Waals surface area contributed by atoms with Gasteiger partial charge >= 0.3 is 6.36 Å². The first kappa shape index (κ1) is 16.1. The van der Waals surface area contributed by atoms with E-state index in [4.69, 9.17) is 9.47 Å². The molecule has 0 N–H and O–H groups in total. The highest BCUT2D eigenvalue weighted by molar-refractivity contribution is 5.33. The largest absolute Gasteiger partial charge is 0.573 e. The Morgan fingerprint density at radius 1 is 1.19 bits per heavy atom. The predicted molar refractivity (Wildman–Crippen MR) is 71.0 cm³/mol. The lowest BCUT2D eigenvalue weighted by atomic mass is 10.1. The lowest BCUT2D eigenvalue weighted by Gasteiger charge is -2.22. The molecular formula is C15H19F3O3. The molecule has 1 heterocycles. The van der Waals surface area contributed by atoms with Gasteiger partial charge in [-0.05, 0) is 43.7 Å². The van der Waals surface area contributed by atoms with Gasteiger partial charge < -0.3 is 14.2 Å². The minimum absolute atomic E-state index is 0.140. The summed E-state index contributed by atoms with van der Waals surface area (Å²) < 4.78 is 51.9. The Hall–Kier alpha value is -1.27. The molecule has 0 spiro atoms. The van der Waals surface area contributed by atoms with Crippen molar-refractivity contribution in [2.45, 2.75) is 44.8 Å². The number of hydrogen-bond donors (Lipinski definition) is 0. The fraction of sp³-hybridized carbons (Fsp3) is 0.600. The third-order valence-corrected chi connectivity index (χ3v) is 3.23. The Balaban J connectivity index is 1.77. The van der Waals surface area contributed by atoms with E-state index in [1.165, 1.54) is 12.1 Å². The second-order valence-electron chi connectivity index (χ2n) is 4.93. The van der Waals surface area contributed by atoms with Crippen LogP contribution in [-0.2, 0) is 15.9 Å². The first-order chi connectivity index (χ1) is 10.0. The summed E-state index contributed by atoms with van der Waals surface area (Å²) in [5.74, 6) is -0.140. The highest BCUT2D eigenvalue weighted by Gasteiger charge is 2.31. The average molecular weight is 304 g/mol. The lowest BCUT2D eigenvalue weighted by molar-refractivity contribution is -0.274. The third kappa shape index (κ3) is 5.93. The number of rotatable bonds is 6. The van der Waals surface area contributed by atoms with Gasteiger partial charge in [0, 0.05) is 6.61 Å². The Bertz CT molecular complexity index is 428. The molecule has 0 aromatic heterocycles. The summed E-state index contributed by atoms with van der Waals surface area (Å²) >= 11 is 0. The van der Waals surface area contributed by atoms with E-state index in [0.29, 0.717) is 31.6 Å². The zero-order valence-corrected chi connectivity index (χ0v) is 11.7. The van der Waals surface area contributed by atoms with Crippen LogP contribution in [0, 0.1) is 0 Å². The molecule has 2 rings (SSSR count). The maximum absolute atomic E-state index is 12.3. The molecule has 1 saturated heterocycles. The first-order valence-electron chi connectivity index (χ1n) is 7.11. The molecular weight excluding hydrogens is 285 g/mol. The van der Waals surface area contributed by atoms with Crippen molar-refractivity contribution < 1.29 is 27.4 Å². The van der Waals surface area contributed by atoms with Crippen LogP contribution in [0.15, 0.2) is 24.3 Å².